The lowest BCUT2D eigenvalue weighted by atomic mass is 9.95. The number of anilines is 1. The van der Waals surface area contributed by atoms with Crippen LogP contribution in [0.2, 0.25) is 0 Å². The maximum Gasteiger partial charge on any atom is 0.239 e. The molecule has 4 nitrogen and oxygen atoms in total. The normalized spacial score (nSPS) is 15.2. The van der Waals surface area contributed by atoms with Crippen molar-refractivity contribution in [1.29, 1.82) is 0 Å². The third kappa shape index (κ3) is 5.50. The molecule has 0 heterocycles. The van der Waals surface area contributed by atoms with Crippen molar-refractivity contribution in [3.8, 4) is 5.75 Å². The lowest BCUT2D eigenvalue weighted by molar-refractivity contribution is -0.120. The lowest BCUT2D eigenvalue weighted by Crippen LogP contribution is -2.39. The van der Waals surface area contributed by atoms with Crippen molar-refractivity contribution in [1.82, 2.24) is 5.32 Å². The molecule has 4 heteroatoms. The van der Waals surface area contributed by atoms with Crippen LogP contribution in [0.5, 0.6) is 5.75 Å². The number of carbonyl (C=O) groups excluding carboxylic acids is 1. The van der Waals surface area contributed by atoms with Gasteiger partial charge in [-0.3, -0.25) is 4.79 Å². The smallest absolute Gasteiger partial charge is 0.239 e. The topological polar surface area (TPSA) is 50.4 Å². The van der Waals surface area contributed by atoms with Crippen molar-refractivity contribution in [2.75, 3.05) is 18.5 Å². The van der Waals surface area contributed by atoms with E-state index in [2.05, 4.69) is 17.2 Å². The fraction of sp³-hybridized carbons (Fsp3) is 0.471. The number of ether oxygens (including phenoxy) is 1. The first-order valence-corrected chi connectivity index (χ1v) is 7.65. The van der Waals surface area contributed by atoms with Gasteiger partial charge in [0.15, 0.2) is 0 Å². The number of benzene rings is 1. The third-order valence-corrected chi connectivity index (χ3v) is 3.65. The molecule has 0 unspecified atom stereocenters. The van der Waals surface area contributed by atoms with Crippen LogP contribution in [0.25, 0.3) is 0 Å². The Morgan fingerprint density at radius 3 is 2.62 bits per heavy atom. The molecule has 114 valence electrons. The molecule has 0 spiro atoms. The van der Waals surface area contributed by atoms with E-state index in [4.69, 9.17) is 4.74 Å². The predicted octanol–water partition coefficient (Wildman–Crippen LogP) is 3.11. The van der Waals surface area contributed by atoms with Gasteiger partial charge in [0, 0.05) is 11.7 Å². The Kier molecular flexibility index (Phi) is 6.13. The molecule has 2 N–H and O–H groups in total. The molecule has 1 aliphatic carbocycles. The van der Waals surface area contributed by atoms with Crippen LogP contribution in [-0.4, -0.2) is 25.1 Å². The Hall–Kier alpha value is -1.97. The SMILES string of the molecule is C=CCOc1ccc(NCC(=O)NC2CCCCC2)cc1. The maximum absolute atomic E-state index is 11.9. The number of hydrogen-bond donors (Lipinski definition) is 2. The summed E-state index contributed by atoms with van der Waals surface area (Å²) in [5.41, 5.74) is 0.916. The molecule has 0 radical (unpaired) electrons. The summed E-state index contributed by atoms with van der Waals surface area (Å²) in [5.74, 6) is 0.862. The molecule has 1 amide bonds. The van der Waals surface area contributed by atoms with Crippen molar-refractivity contribution >= 4 is 11.6 Å². The molecule has 1 saturated carbocycles. The summed E-state index contributed by atoms with van der Waals surface area (Å²) >= 11 is 0. The highest BCUT2D eigenvalue weighted by Gasteiger charge is 2.15. The zero-order valence-corrected chi connectivity index (χ0v) is 12.4. The van der Waals surface area contributed by atoms with Gasteiger partial charge in [-0.05, 0) is 37.1 Å². The predicted molar refractivity (Wildman–Crippen MR) is 85.6 cm³/mol. The Morgan fingerprint density at radius 2 is 1.95 bits per heavy atom. The van der Waals surface area contributed by atoms with Crippen molar-refractivity contribution in [3.63, 3.8) is 0 Å². The first kappa shape index (κ1) is 15.4. The summed E-state index contributed by atoms with van der Waals surface area (Å²) in [7, 11) is 0. The molecule has 0 atom stereocenters. The molecular weight excluding hydrogens is 264 g/mol. The molecule has 21 heavy (non-hydrogen) atoms. The number of nitrogens with one attached hydrogen (secondary N) is 2. The van der Waals surface area contributed by atoms with Gasteiger partial charge >= 0.3 is 0 Å². The molecule has 1 aromatic rings. The van der Waals surface area contributed by atoms with Crippen LogP contribution in [-0.2, 0) is 4.79 Å². The molecule has 0 bridgehead atoms. The van der Waals surface area contributed by atoms with Gasteiger partial charge < -0.3 is 15.4 Å². The van der Waals surface area contributed by atoms with Crippen molar-refractivity contribution < 1.29 is 9.53 Å². The van der Waals surface area contributed by atoms with Gasteiger partial charge in [0.05, 0.1) is 6.54 Å². The largest absolute Gasteiger partial charge is 0.490 e. The molecule has 2 rings (SSSR count). The van der Waals surface area contributed by atoms with E-state index in [1.54, 1.807) is 6.08 Å². The van der Waals surface area contributed by atoms with E-state index >= 15 is 0 Å². The minimum absolute atomic E-state index is 0.0638. The number of hydrogen-bond acceptors (Lipinski definition) is 3. The van der Waals surface area contributed by atoms with Crippen LogP contribution in [0.15, 0.2) is 36.9 Å². The van der Waals surface area contributed by atoms with Crippen LogP contribution < -0.4 is 15.4 Å². The van der Waals surface area contributed by atoms with Crippen molar-refractivity contribution in [2.24, 2.45) is 0 Å². The molecule has 0 aromatic heterocycles. The van der Waals surface area contributed by atoms with Gasteiger partial charge in [-0.15, -0.1) is 0 Å². The highest BCUT2D eigenvalue weighted by atomic mass is 16.5. The number of carbonyl (C=O) groups is 1. The zero-order chi connectivity index (χ0) is 14.9. The third-order valence-electron chi connectivity index (χ3n) is 3.65. The van der Waals surface area contributed by atoms with E-state index in [1.165, 1.54) is 19.3 Å². The summed E-state index contributed by atoms with van der Waals surface area (Å²) in [6, 6.07) is 7.94. The quantitative estimate of drug-likeness (QED) is 0.758. The van der Waals surface area contributed by atoms with E-state index in [0.717, 1.165) is 24.3 Å². The van der Waals surface area contributed by atoms with Gasteiger partial charge in [0.25, 0.3) is 0 Å². The van der Waals surface area contributed by atoms with E-state index in [1.807, 2.05) is 24.3 Å². The number of rotatable bonds is 7. The minimum atomic E-state index is 0.0638. The second kappa shape index (κ2) is 8.35. The van der Waals surface area contributed by atoms with Crippen LogP contribution in [0.3, 0.4) is 0 Å². The molecule has 0 saturated heterocycles. The first-order valence-electron chi connectivity index (χ1n) is 7.65. The molecule has 0 aliphatic heterocycles. The Labute approximate surface area is 126 Å². The lowest BCUT2D eigenvalue weighted by Gasteiger charge is -2.22. The highest BCUT2D eigenvalue weighted by Crippen LogP contribution is 2.17. The average Bonchev–Trinajstić information content (AvgIpc) is 2.53. The van der Waals surface area contributed by atoms with E-state index in [9.17, 15) is 4.79 Å². The Morgan fingerprint density at radius 1 is 1.24 bits per heavy atom. The first-order chi connectivity index (χ1) is 10.3. The van der Waals surface area contributed by atoms with Gasteiger partial charge in [-0.25, -0.2) is 0 Å². The number of amides is 1. The van der Waals surface area contributed by atoms with E-state index < -0.39 is 0 Å². The summed E-state index contributed by atoms with van der Waals surface area (Å²) in [4.78, 5) is 11.9. The monoisotopic (exact) mass is 288 g/mol. The van der Waals surface area contributed by atoms with Gasteiger partial charge in [-0.2, -0.15) is 0 Å². The molecule has 1 fully saturated rings. The Balaban J connectivity index is 1.71. The summed E-state index contributed by atoms with van der Waals surface area (Å²) < 4.78 is 5.41. The fourth-order valence-electron chi connectivity index (χ4n) is 2.53. The van der Waals surface area contributed by atoms with Crippen molar-refractivity contribution in [3.05, 3.63) is 36.9 Å². The summed E-state index contributed by atoms with van der Waals surface area (Å²) in [6.07, 6.45) is 7.68. The molecular formula is C17H24N2O2. The molecule has 1 aromatic carbocycles. The van der Waals surface area contributed by atoms with Crippen LogP contribution in [0, 0.1) is 0 Å². The summed E-state index contributed by atoms with van der Waals surface area (Å²) in [6.45, 7) is 4.41. The average molecular weight is 288 g/mol. The minimum Gasteiger partial charge on any atom is -0.490 e. The Bertz CT molecular complexity index is 450. The second-order valence-corrected chi connectivity index (χ2v) is 5.38. The van der Waals surface area contributed by atoms with Crippen LogP contribution in [0.4, 0.5) is 5.69 Å². The van der Waals surface area contributed by atoms with E-state index in [0.29, 0.717) is 19.2 Å². The van der Waals surface area contributed by atoms with Gasteiger partial charge in [0.2, 0.25) is 5.91 Å². The van der Waals surface area contributed by atoms with Crippen molar-refractivity contribution in [2.45, 2.75) is 38.1 Å². The fourth-order valence-corrected chi connectivity index (χ4v) is 2.53. The zero-order valence-electron chi connectivity index (χ0n) is 12.4. The van der Waals surface area contributed by atoms with E-state index in [-0.39, 0.29) is 5.91 Å². The van der Waals surface area contributed by atoms with Crippen LogP contribution in [0.1, 0.15) is 32.1 Å². The second-order valence-electron chi connectivity index (χ2n) is 5.38. The highest BCUT2D eigenvalue weighted by molar-refractivity contribution is 5.81. The summed E-state index contributed by atoms with van der Waals surface area (Å²) in [5, 5.41) is 6.22. The van der Waals surface area contributed by atoms with Gasteiger partial charge in [-0.1, -0.05) is 31.9 Å². The molecule has 1 aliphatic rings. The van der Waals surface area contributed by atoms with Gasteiger partial charge in [0.1, 0.15) is 12.4 Å². The van der Waals surface area contributed by atoms with Crippen LogP contribution >= 0.6 is 0 Å². The standard InChI is InChI=1S/C17H24N2O2/c1-2-12-21-16-10-8-14(9-11-16)18-13-17(20)19-15-6-4-3-5-7-15/h2,8-11,15,18H,1,3-7,12-13H2,(H,19,20). The maximum atomic E-state index is 11.9.